The smallest absolute Gasteiger partial charge is 0.150 e. The molecular weight excluding hydrogens is 150 g/mol. The molecule has 2 rings (SSSR count). The summed E-state index contributed by atoms with van der Waals surface area (Å²) in [6.07, 6.45) is 5.98. The zero-order chi connectivity index (χ0) is 8.60. The molecule has 0 spiro atoms. The number of piperidine rings is 1. The van der Waals surface area contributed by atoms with Crippen molar-refractivity contribution in [2.75, 3.05) is 13.1 Å². The largest absolute Gasteiger partial charge is 0.298 e. The van der Waals surface area contributed by atoms with Crippen LogP contribution in [0.3, 0.4) is 0 Å². The maximum absolute atomic E-state index is 11.6. The Morgan fingerprint density at radius 2 is 1.83 bits per heavy atom. The molecular formula is C10H17NO. The van der Waals surface area contributed by atoms with E-state index in [0.29, 0.717) is 5.78 Å². The molecule has 2 fully saturated rings. The minimum atomic E-state index is -0.0156. The molecule has 2 saturated heterocycles. The number of nitrogens with zero attached hydrogens (tertiary/aromatic N) is 1. The van der Waals surface area contributed by atoms with E-state index in [1.54, 1.807) is 6.92 Å². The second kappa shape index (κ2) is 2.84. The number of ketones is 1. The van der Waals surface area contributed by atoms with E-state index in [-0.39, 0.29) is 5.54 Å². The van der Waals surface area contributed by atoms with E-state index in [9.17, 15) is 4.79 Å². The van der Waals surface area contributed by atoms with E-state index in [1.165, 1.54) is 19.3 Å². The first-order chi connectivity index (χ1) is 5.76. The number of hydrogen-bond donors (Lipinski definition) is 0. The summed E-state index contributed by atoms with van der Waals surface area (Å²) in [5.41, 5.74) is -0.0156. The molecule has 0 aromatic carbocycles. The maximum Gasteiger partial charge on any atom is 0.150 e. The third-order valence-electron chi connectivity index (χ3n) is 3.55. The number of fused-ring (bicyclic) bond motifs is 1. The SMILES string of the molecule is CC(=O)C12CCCCN1CCC2. The summed E-state index contributed by atoms with van der Waals surface area (Å²) in [5, 5.41) is 0. The van der Waals surface area contributed by atoms with E-state index >= 15 is 0 Å². The highest BCUT2D eigenvalue weighted by Gasteiger charge is 2.45. The Labute approximate surface area is 73.9 Å². The summed E-state index contributed by atoms with van der Waals surface area (Å²) in [7, 11) is 0. The molecule has 2 nitrogen and oxygen atoms in total. The van der Waals surface area contributed by atoms with Gasteiger partial charge in [0.1, 0.15) is 5.78 Å². The van der Waals surface area contributed by atoms with Gasteiger partial charge in [-0.15, -0.1) is 0 Å². The van der Waals surface area contributed by atoms with Gasteiger partial charge in [-0.05, 0) is 52.1 Å². The van der Waals surface area contributed by atoms with Crippen LogP contribution >= 0.6 is 0 Å². The van der Waals surface area contributed by atoms with Crippen LogP contribution in [-0.2, 0) is 4.79 Å². The average molecular weight is 167 g/mol. The van der Waals surface area contributed by atoms with Crippen LogP contribution in [0.1, 0.15) is 39.0 Å². The van der Waals surface area contributed by atoms with Crippen molar-refractivity contribution in [2.24, 2.45) is 0 Å². The van der Waals surface area contributed by atoms with Crippen molar-refractivity contribution in [3.8, 4) is 0 Å². The molecule has 2 aliphatic rings. The van der Waals surface area contributed by atoms with Gasteiger partial charge in [0, 0.05) is 0 Å². The molecule has 0 aromatic rings. The Balaban J connectivity index is 2.23. The molecule has 1 unspecified atom stereocenters. The number of hydrogen-bond acceptors (Lipinski definition) is 2. The van der Waals surface area contributed by atoms with Gasteiger partial charge in [0.15, 0.2) is 0 Å². The van der Waals surface area contributed by atoms with Gasteiger partial charge < -0.3 is 0 Å². The lowest BCUT2D eigenvalue weighted by Gasteiger charge is -2.40. The second-order valence-corrected chi connectivity index (χ2v) is 4.14. The normalized spacial score (nSPS) is 36.4. The molecule has 0 radical (unpaired) electrons. The lowest BCUT2D eigenvalue weighted by molar-refractivity contribution is -0.129. The van der Waals surface area contributed by atoms with Crippen LogP contribution in [0.25, 0.3) is 0 Å². The molecule has 1 atom stereocenters. The zero-order valence-electron chi connectivity index (χ0n) is 7.81. The van der Waals surface area contributed by atoms with E-state index in [1.807, 2.05) is 0 Å². The van der Waals surface area contributed by atoms with Gasteiger partial charge in [-0.3, -0.25) is 9.69 Å². The van der Waals surface area contributed by atoms with Crippen molar-refractivity contribution in [3.63, 3.8) is 0 Å². The third-order valence-corrected chi connectivity index (χ3v) is 3.55. The Kier molecular flexibility index (Phi) is 1.95. The zero-order valence-corrected chi connectivity index (χ0v) is 7.81. The summed E-state index contributed by atoms with van der Waals surface area (Å²) in [6, 6.07) is 0. The van der Waals surface area contributed by atoms with Crippen molar-refractivity contribution in [2.45, 2.75) is 44.6 Å². The lowest BCUT2D eigenvalue weighted by atomic mass is 9.83. The molecule has 0 aliphatic carbocycles. The lowest BCUT2D eigenvalue weighted by Crippen LogP contribution is -2.52. The van der Waals surface area contributed by atoms with E-state index in [2.05, 4.69) is 4.90 Å². The molecule has 2 heterocycles. The van der Waals surface area contributed by atoms with Gasteiger partial charge in [0.2, 0.25) is 0 Å². The highest BCUT2D eigenvalue weighted by Crippen LogP contribution is 2.37. The summed E-state index contributed by atoms with van der Waals surface area (Å²) in [5.74, 6) is 0.403. The van der Waals surface area contributed by atoms with Gasteiger partial charge in [-0.2, -0.15) is 0 Å². The van der Waals surface area contributed by atoms with Crippen molar-refractivity contribution in [3.05, 3.63) is 0 Å². The minimum Gasteiger partial charge on any atom is -0.298 e. The van der Waals surface area contributed by atoms with Crippen LogP contribution in [0.2, 0.25) is 0 Å². The first-order valence-electron chi connectivity index (χ1n) is 5.02. The fourth-order valence-electron chi connectivity index (χ4n) is 2.84. The Morgan fingerprint density at radius 3 is 2.50 bits per heavy atom. The molecule has 68 valence electrons. The number of carbonyl (C=O) groups excluding carboxylic acids is 1. The van der Waals surface area contributed by atoms with Crippen molar-refractivity contribution in [1.82, 2.24) is 4.90 Å². The highest BCUT2D eigenvalue weighted by molar-refractivity contribution is 5.86. The first-order valence-corrected chi connectivity index (χ1v) is 5.02. The van der Waals surface area contributed by atoms with Crippen LogP contribution < -0.4 is 0 Å². The van der Waals surface area contributed by atoms with Crippen LogP contribution in [0.5, 0.6) is 0 Å². The summed E-state index contributed by atoms with van der Waals surface area (Å²) >= 11 is 0. The third kappa shape index (κ3) is 1.01. The molecule has 2 aliphatic heterocycles. The highest BCUT2D eigenvalue weighted by atomic mass is 16.1. The summed E-state index contributed by atoms with van der Waals surface area (Å²) < 4.78 is 0. The van der Waals surface area contributed by atoms with Gasteiger partial charge in [0.25, 0.3) is 0 Å². The fourth-order valence-corrected chi connectivity index (χ4v) is 2.84. The Morgan fingerprint density at radius 1 is 1.17 bits per heavy atom. The Bertz CT molecular complexity index is 202. The van der Waals surface area contributed by atoms with Gasteiger partial charge in [0.05, 0.1) is 5.54 Å². The topological polar surface area (TPSA) is 20.3 Å². The van der Waals surface area contributed by atoms with Gasteiger partial charge in [-0.1, -0.05) is 0 Å². The molecule has 0 saturated carbocycles. The van der Waals surface area contributed by atoms with Crippen molar-refractivity contribution < 1.29 is 4.79 Å². The summed E-state index contributed by atoms with van der Waals surface area (Å²) in [4.78, 5) is 14.0. The predicted molar refractivity (Wildman–Crippen MR) is 48.1 cm³/mol. The molecule has 0 N–H and O–H groups in total. The van der Waals surface area contributed by atoms with E-state index in [4.69, 9.17) is 0 Å². The standard InChI is InChI=1S/C10H17NO/c1-9(12)10-5-2-3-7-11(10)8-4-6-10/h2-8H2,1H3. The summed E-state index contributed by atoms with van der Waals surface area (Å²) in [6.45, 7) is 4.07. The van der Waals surface area contributed by atoms with E-state index in [0.717, 1.165) is 25.9 Å². The molecule has 0 aromatic heterocycles. The van der Waals surface area contributed by atoms with Crippen LogP contribution in [0.4, 0.5) is 0 Å². The van der Waals surface area contributed by atoms with Gasteiger partial charge >= 0.3 is 0 Å². The van der Waals surface area contributed by atoms with Crippen LogP contribution in [0.15, 0.2) is 0 Å². The number of rotatable bonds is 1. The number of carbonyl (C=O) groups is 1. The second-order valence-electron chi connectivity index (χ2n) is 4.14. The fraction of sp³-hybridized carbons (Fsp3) is 0.900. The number of Topliss-reactive ketones (excluding diaryl/α,β-unsaturated/α-hetero) is 1. The van der Waals surface area contributed by atoms with Gasteiger partial charge in [-0.25, -0.2) is 0 Å². The monoisotopic (exact) mass is 167 g/mol. The molecule has 12 heavy (non-hydrogen) atoms. The molecule has 0 amide bonds. The minimum absolute atomic E-state index is 0.0156. The average Bonchev–Trinajstić information content (AvgIpc) is 2.48. The van der Waals surface area contributed by atoms with Crippen LogP contribution in [-0.4, -0.2) is 29.3 Å². The van der Waals surface area contributed by atoms with Crippen LogP contribution in [0, 0.1) is 0 Å². The molecule has 2 heteroatoms. The van der Waals surface area contributed by atoms with Crippen molar-refractivity contribution >= 4 is 5.78 Å². The van der Waals surface area contributed by atoms with E-state index < -0.39 is 0 Å². The Hall–Kier alpha value is -0.370. The maximum atomic E-state index is 11.6. The van der Waals surface area contributed by atoms with Crippen molar-refractivity contribution in [1.29, 1.82) is 0 Å². The first kappa shape index (κ1) is 8.24. The molecule has 0 bridgehead atoms. The predicted octanol–water partition coefficient (Wildman–Crippen LogP) is 1.59. The quantitative estimate of drug-likeness (QED) is 0.591.